The number of aliphatic hydroxyl groups is 1. The summed E-state index contributed by atoms with van der Waals surface area (Å²) in [5, 5.41) is 12.3. The van der Waals surface area contributed by atoms with E-state index in [1.165, 1.54) is 0 Å². The van der Waals surface area contributed by atoms with Crippen LogP contribution < -0.4 is 5.32 Å². The van der Waals surface area contributed by atoms with Crippen LogP contribution in [-0.2, 0) is 4.79 Å². The van der Waals surface area contributed by atoms with Crippen molar-refractivity contribution in [1.29, 1.82) is 0 Å². The van der Waals surface area contributed by atoms with Crippen LogP contribution in [0, 0.1) is 0 Å². The Labute approximate surface area is 94.4 Å². The normalized spacial score (nSPS) is 33.0. The second-order valence-electron chi connectivity index (χ2n) is 4.57. The van der Waals surface area contributed by atoms with Gasteiger partial charge in [-0.2, -0.15) is 0 Å². The van der Waals surface area contributed by atoms with Gasteiger partial charge in [-0.15, -0.1) is 11.8 Å². The van der Waals surface area contributed by atoms with E-state index in [0.29, 0.717) is 0 Å². The Kier molecular flexibility index (Phi) is 2.96. The van der Waals surface area contributed by atoms with Crippen molar-refractivity contribution in [3.05, 3.63) is 0 Å². The Morgan fingerprint density at radius 3 is 2.67 bits per heavy atom. The zero-order chi connectivity index (χ0) is 11.1. The standard InChI is InChI=1S/C10H18N2O2S/c1-7(13)8-9(14)11-10(15-8)3-5-12(2)6-4-10/h7-8,13H,3-6H2,1-2H3,(H,11,14). The largest absolute Gasteiger partial charge is 0.392 e. The van der Waals surface area contributed by atoms with E-state index in [-0.39, 0.29) is 16.0 Å². The summed E-state index contributed by atoms with van der Waals surface area (Å²) in [6.45, 7) is 3.71. The zero-order valence-electron chi connectivity index (χ0n) is 9.19. The van der Waals surface area contributed by atoms with Crippen molar-refractivity contribution in [2.75, 3.05) is 20.1 Å². The van der Waals surface area contributed by atoms with Gasteiger partial charge in [0.2, 0.25) is 5.91 Å². The van der Waals surface area contributed by atoms with Gasteiger partial charge in [-0.25, -0.2) is 0 Å². The van der Waals surface area contributed by atoms with Crippen molar-refractivity contribution in [3.63, 3.8) is 0 Å². The number of thioether (sulfide) groups is 1. The molecule has 2 N–H and O–H groups in total. The molecule has 1 amide bonds. The number of hydrogen-bond donors (Lipinski definition) is 2. The Balaban J connectivity index is 2.04. The predicted octanol–water partition coefficient (Wildman–Crippen LogP) is 0.0207. The molecule has 0 radical (unpaired) electrons. The maximum absolute atomic E-state index is 11.7. The molecule has 2 aliphatic rings. The number of rotatable bonds is 1. The van der Waals surface area contributed by atoms with E-state index in [1.807, 2.05) is 0 Å². The van der Waals surface area contributed by atoms with Crippen molar-refractivity contribution in [3.8, 4) is 0 Å². The van der Waals surface area contributed by atoms with Gasteiger partial charge in [-0.3, -0.25) is 4.79 Å². The summed E-state index contributed by atoms with van der Waals surface area (Å²) >= 11 is 1.61. The van der Waals surface area contributed by atoms with Crippen LogP contribution in [0.5, 0.6) is 0 Å². The molecule has 0 aromatic carbocycles. The first kappa shape index (κ1) is 11.2. The second kappa shape index (κ2) is 3.96. The molecule has 2 heterocycles. The summed E-state index contributed by atoms with van der Waals surface area (Å²) in [7, 11) is 2.10. The van der Waals surface area contributed by atoms with Gasteiger partial charge in [-0.05, 0) is 26.8 Å². The second-order valence-corrected chi connectivity index (χ2v) is 6.09. The van der Waals surface area contributed by atoms with Gasteiger partial charge in [-0.1, -0.05) is 0 Å². The lowest BCUT2D eigenvalue weighted by atomic mass is 10.0. The lowest BCUT2D eigenvalue weighted by molar-refractivity contribution is -0.122. The van der Waals surface area contributed by atoms with Crippen LogP contribution in [0.15, 0.2) is 0 Å². The van der Waals surface area contributed by atoms with Gasteiger partial charge in [0.05, 0.1) is 11.0 Å². The smallest absolute Gasteiger partial charge is 0.236 e. The van der Waals surface area contributed by atoms with Crippen LogP contribution in [0.4, 0.5) is 0 Å². The Morgan fingerprint density at radius 1 is 1.60 bits per heavy atom. The number of nitrogens with one attached hydrogen (secondary N) is 1. The maximum Gasteiger partial charge on any atom is 0.236 e. The third-order valence-corrected chi connectivity index (χ3v) is 5.02. The molecule has 0 aromatic heterocycles. The van der Waals surface area contributed by atoms with Gasteiger partial charge in [0, 0.05) is 13.1 Å². The minimum Gasteiger partial charge on any atom is -0.392 e. The van der Waals surface area contributed by atoms with Crippen LogP contribution in [0.25, 0.3) is 0 Å². The summed E-state index contributed by atoms with van der Waals surface area (Å²) in [5.41, 5.74) is 0. The lowest BCUT2D eigenvalue weighted by Crippen LogP contribution is -2.48. The number of piperidine rings is 1. The van der Waals surface area contributed by atoms with E-state index in [1.54, 1.807) is 18.7 Å². The van der Waals surface area contributed by atoms with Crippen LogP contribution in [0.3, 0.4) is 0 Å². The fourth-order valence-corrected chi connectivity index (χ4v) is 3.59. The molecule has 15 heavy (non-hydrogen) atoms. The molecule has 2 rings (SSSR count). The molecule has 0 bridgehead atoms. The molecule has 0 aliphatic carbocycles. The maximum atomic E-state index is 11.7. The molecule has 4 nitrogen and oxygen atoms in total. The molecule has 86 valence electrons. The Morgan fingerprint density at radius 2 is 2.20 bits per heavy atom. The first-order valence-electron chi connectivity index (χ1n) is 5.39. The minimum atomic E-state index is -0.561. The van der Waals surface area contributed by atoms with Crippen molar-refractivity contribution in [2.45, 2.75) is 36.0 Å². The van der Waals surface area contributed by atoms with E-state index in [9.17, 15) is 9.90 Å². The number of carbonyl (C=O) groups excluding carboxylic acids is 1. The van der Waals surface area contributed by atoms with E-state index in [0.717, 1.165) is 25.9 Å². The summed E-state index contributed by atoms with van der Waals surface area (Å²) in [6.07, 6.45) is 1.39. The Hall–Kier alpha value is -0.260. The van der Waals surface area contributed by atoms with E-state index < -0.39 is 6.10 Å². The van der Waals surface area contributed by atoms with Gasteiger partial charge in [0.15, 0.2) is 0 Å². The summed E-state index contributed by atoms with van der Waals surface area (Å²) < 4.78 is 0. The summed E-state index contributed by atoms with van der Waals surface area (Å²) in [5.74, 6) is -0.000414. The summed E-state index contributed by atoms with van der Waals surface area (Å²) in [4.78, 5) is 13.8. The van der Waals surface area contributed by atoms with E-state index >= 15 is 0 Å². The molecular weight excluding hydrogens is 212 g/mol. The van der Waals surface area contributed by atoms with Gasteiger partial charge >= 0.3 is 0 Å². The first-order valence-corrected chi connectivity index (χ1v) is 6.27. The topological polar surface area (TPSA) is 52.6 Å². The van der Waals surface area contributed by atoms with Crippen LogP contribution >= 0.6 is 11.8 Å². The minimum absolute atomic E-state index is 0.000414. The average Bonchev–Trinajstić information content (AvgIpc) is 2.50. The van der Waals surface area contributed by atoms with Crippen molar-refractivity contribution >= 4 is 17.7 Å². The van der Waals surface area contributed by atoms with Crippen molar-refractivity contribution < 1.29 is 9.90 Å². The lowest BCUT2D eigenvalue weighted by Gasteiger charge is -2.36. The number of hydrogen-bond acceptors (Lipinski definition) is 4. The van der Waals surface area contributed by atoms with E-state index in [4.69, 9.17) is 0 Å². The highest BCUT2D eigenvalue weighted by molar-refractivity contribution is 8.02. The monoisotopic (exact) mass is 230 g/mol. The molecule has 2 aliphatic heterocycles. The fraction of sp³-hybridized carbons (Fsp3) is 0.900. The number of amides is 1. The molecule has 0 saturated carbocycles. The molecule has 1 spiro atoms. The molecule has 2 unspecified atom stereocenters. The third-order valence-electron chi connectivity index (χ3n) is 3.19. The SMILES string of the molecule is CC(O)C1SC2(CCN(C)CC2)NC1=O. The average molecular weight is 230 g/mol. The summed E-state index contributed by atoms with van der Waals surface area (Å²) in [6, 6.07) is 0. The van der Waals surface area contributed by atoms with Crippen LogP contribution in [-0.4, -0.2) is 52.3 Å². The van der Waals surface area contributed by atoms with Crippen LogP contribution in [0.1, 0.15) is 19.8 Å². The van der Waals surface area contributed by atoms with Gasteiger partial charge in [0.25, 0.3) is 0 Å². The highest BCUT2D eigenvalue weighted by Crippen LogP contribution is 2.42. The predicted molar refractivity (Wildman–Crippen MR) is 60.7 cm³/mol. The Bertz CT molecular complexity index is 262. The molecule has 2 saturated heterocycles. The zero-order valence-corrected chi connectivity index (χ0v) is 10.0. The number of likely N-dealkylation sites (tertiary alicyclic amines) is 1. The molecular formula is C10H18N2O2S. The fourth-order valence-electron chi connectivity index (χ4n) is 2.16. The van der Waals surface area contributed by atoms with E-state index in [2.05, 4.69) is 17.3 Å². The molecule has 2 fully saturated rings. The number of nitrogens with zero attached hydrogens (tertiary/aromatic N) is 1. The molecule has 5 heteroatoms. The first-order chi connectivity index (χ1) is 7.02. The van der Waals surface area contributed by atoms with Crippen molar-refractivity contribution in [1.82, 2.24) is 10.2 Å². The number of aliphatic hydroxyl groups excluding tert-OH is 1. The highest BCUT2D eigenvalue weighted by atomic mass is 32.2. The van der Waals surface area contributed by atoms with Gasteiger partial charge < -0.3 is 15.3 Å². The highest BCUT2D eigenvalue weighted by Gasteiger charge is 2.47. The van der Waals surface area contributed by atoms with Crippen molar-refractivity contribution in [2.24, 2.45) is 0 Å². The molecule has 2 atom stereocenters. The van der Waals surface area contributed by atoms with Gasteiger partial charge in [0.1, 0.15) is 5.25 Å². The van der Waals surface area contributed by atoms with Crippen LogP contribution in [0.2, 0.25) is 0 Å². The molecule has 0 aromatic rings. The third kappa shape index (κ3) is 2.14. The quantitative estimate of drug-likeness (QED) is 0.667. The number of carbonyl (C=O) groups is 1.